The minimum Gasteiger partial charge on any atom is -0.301 e. The highest BCUT2D eigenvalue weighted by molar-refractivity contribution is 6.30. The molecule has 0 N–H and O–H groups in total. The van der Waals surface area contributed by atoms with Crippen LogP contribution in [0.4, 0.5) is 0 Å². The Kier molecular flexibility index (Phi) is 3.58. The quantitative estimate of drug-likeness (QED) is 0.485. The third-order valence-electron chi connectivity index (χ3n) is 4.53. The second-order valence-corrected chi connectivity index (χ2v) is 6.65. The predicted octanol–water partition coefficient (Wildman–Crippen LogP) is 3.51. The summed E-state index contributed by atoms with van der Waals surface area (Å²) in [5, 5.41) is 5.12. The minimum absolute atomic E-state index is 0.182. The first kappa shape index (κ1) is 15.8. The highest BCUT2D eigenvalue weighted by atomic mass is 35.5. The van der Waals surface area contributed by atoms with E-state index in [1.54, 1.807) is 6.20 Å². The molecule has 1 aromatic carbocycles. The standard InChI is InChI=1S/C20H14ClN5O/c21-15-9-7-14(8-10-15)19-16(24-11-3-1-5-17(24)22-19)13-26-20(27)25-12-4-2-6-18(25)23-26/h1-12H,13H2. The van der Waals surface area contributed by atoms with Gasteiger partial charge >= 0.3 is 5.69 Å². The lowest BCUT2D eigenvalue weighted by atomic mass is 10.1. The molecule has 132 valence electrons. The molecule has 0 spiro atoms. The molecule has 0 bridgehead atoms. The van der Waals surface area contributed by atoms with Gasteiger partial charge in [0.1, 0.15) is 5.65 Å². The number of rotatable bonds is 3. The van der Waals surface area contributed by atoms with Gasteiger partial charge in [0.2, 0.25) is 0 Å². The van der Waals surface area contributed by atoms with Crippen molar-refractivity contribution in [1.29, 1.82) is 0 Å². The second kappa shape index (κ2) is 6.10. The van der Waals surface area contributed by atoms with Crippen molar-refractivity contribution in [2.45, 2.75) is 6.54 Å². The van der Waals surface area contributed by atoms with E-state index in [1.807, 2.05) is 71.3 Å². The molecule has 7 heteroatoms. The van der Waals surface area contributed by atoms with Gasteiger partial charge in [0.05, 0.1) is 17.9 Å². The van der Waals surface area contributed by atoms with Crippen molar-refractivity contribution >= 4 is 22.9 Å². The lowest BCUT2D eigenvalue weighted by molar-refractivity contribution is 0.644. The normalized spacial score (nSPS) is 11.4. The van der Waals surface area contributed by atoms with Gasteiger partial charge in [0, 0.05) is 23.0 Å². The van der Waals surface area contributed by atoms with Gasteiger partial charge < -0.3 is 4.40 Å². The van der Waals surface area contributed by atoms with Crippen molar-refractivity contribution in [3.8, 4) is 11.3 Å². The summed E-state index contributed by atoms with van der Waals surface area (Å²) in [7, 11) is 0. The number of halogens is 1. The van der Waals surface area contributed by atoms with Crippen molar-refractivity contribution < 1.29 is 0 Å². The number of fused-ring (bicyclic) bond motifs is 2. The molecule has 0 aliphatic heterocycles. The Bertz CT molecular complexity index is 1330. The first-order valence-electron chi connectivity index (χ1n) is 8.47. The number of benzene rings is 1. The van der Waals surface area contributed by atoms with E-state index >= 15 is 0 Å². The van der Waals surface area contributed by atoms with Crippen LogP contribution in [0, 0.1) is 0 Å². The zero-order valence-corrected chi connectivity index (χ0v) is 14.9. The number of hydrogen-bond acceptors (Lipinski definition) is 3. The molecule has 6 nitrogen and oxygen atoms in total. The summed E-state index contributed by atoms with van der Waals surface area (Å²) >= 11 is 6.03. The lowest BCUT2D eigenvalue weighted by Gasteiger charge is -2.05. The fraction of sp³-hybridized carbons (Fsp3) is 0.0500. The van der Waals surface area contributed by atoms with Gasteiger partial charge in [0.15, 0.2) is 5.65 Å². The molecule has 0 amide bonds. The first-order valence-corrected chi connectivity index (χ1v) is 8.84. The van der Waals surface area contributed by atoms with Crippen molar-refractivity contribution in [3.05, 3.63) is 94.3 Å². The monoisotopic (exact) mass is 375 g/mol. The number of nitrogens with zero attached hydrogens (tertiary/aromatic N) is 5. The maximum Gasteiger partial charge on any atom is 0.350 e. The molecule has 0 aliphatic carbocycles. The number of pyridine rings is 2. The lowest BCUT2D eigenvalue weighted by Crippen LogP contribution is -2.22. The molecule has 0 unspecified atom stereocenters. The molecule has 0 saturated carbocycles. The van der Waals surface area contributed by atoms with Crippen molar-refractivity contribution in [2.24, 2.45) is 0 Å². The third kappa shape index (κ3) is 2.62. The molecule has 5 aromatic rings. The van der Waals surface area contributed by atoms with Gasteiger partial charge in [-0.1, -0.05) is 35.9 Å². The molecule has 0 fully saturated rings. The fourth-order valence-electron chi connectivity index (χ4n) is 3.25. The average molecular weight is 376 g/mol. The molecular weight excluding hydrogens is 362 g/mol. The fourth-order valence-corrected chi connectivity index (χ4v) is 3.38. The topological polar surface area (TPSA) is 56.6 Å². The van der Waals surface area contributed by atoms with E-state index in [9.17, 15) is 4.79 Å². The Labute approximate surface area is 158 Å². The largest absolute Gasteiger partial charge is 0.350 e. The molecule has 0 saturated heterocycles. The van der Waals surface area contributed by atoms with Crippen LogP contribution in [0.2, 0.25) is 5.02 Å². The van der Waals surface area contributed by atoms with Gasteiger partial charge in [-0.2, -0.15) is 0 Å². The van der Waals surface area contributed by atoms with Gasteiger partial charge in [-0.05, 0) is 36.4 Å². The number of aromatic nitrogens is 5. The molecule has 27 heavy (non-hydrogen) atoms. The Morgan fingerprint density at radius 1 is 0.852 bits per heavy atom. The molecular formula is C20H14ClN5O. The number of hydrogen-bond donors (Lipinski definition) is 0. The van der Waals surface area contributed by atoms with E-state index < -0.39 is 0 Å². The highest BCUT2D eigenvalue weighted by Crippen LogP contribution is 2.26. The van der Waals surface area contributed by atoms with E-state index in [4.69, 9.17) is 16.6 Å². The summed E-state index contributed by atoms with van der Waals surface area (Å²) in [6.07, 6.45) is 3.66. The number of imidazole rings is 1. The Morgan fingerprint density at radius 2 is 1.56 bits per heavy atom. The van der Waals surface area contributed by atoms with Crippen LogP contribution in [0.1, 0.15) is 5.69 Å². The van der Waals surface area contributed by atoms with Crippen LogP contribution in [-0.4, -0.2) is 23.6 Å². The van der Waals surface area contributed by atoms with Gasteiger partial charge in [-0.3, -0.25) is 4.40 Å². The van der Waals surface area contributed by atoms with Gasteiger partial charge in [-0.25, -0.2) is 14.5 Å². The zero-order chi connectivity index (χ0) is 18.4. The van der Waals surface area contributed by atoms with Crippen molar-refractivity contribution in [2.75, 3.05) is 0 Å². The summed E-state index contributed by atoms with van der Waals surface area (Å²) in [5.74, 6) is 0. The average Bonchev–Trinajstić information content (AvgIpc) is 3.22. The Balaban J connectivity index is 1.71. The minimum atomic E-state index is -0.182. The molecule has 5 rings (SSSR count). The molecule has 0 aliphatic rings. The predicted molar refractivity (Wildman–Crippen MR) is 104 cm³/mol. The summed E-state index contributed by atoms with van der Waals surface area (Å²) < 4.78 is 4.98. The smallest absolute Gasteiger partial charge is 0.301 e. The molecule has 0 radical (unpaired) electrons. The van der Waals surface area contributed by atoms with Crippen molar-refractivity contribution in [1.82, 2.24) is 23.6 Å². The Hall–Kier alpha value is -3.38. The summed E-state index contributed by atoms with van der Waals surface area (Å²) in [6.45, 7) is 0.309. The van der Waals surface area contributed by atoms with Crippen LogP contribution >= 0.6 is 11.6 Å². The van der Waals surface area contributed by atoms with E-state index in [0.29, 0.717) is 17.2 Å². The Morgan fingerprint density at radius 3 is 2.30 bits per heavy atom. The first-order chi connectivity index (χ1) is 13.2. The summed E-state index contributed by atoms with van der Waals surface area (Å²) in [6, 6.07) is 18.8. The van der Waals surface area contributed by atoms with Crippen LogP contribution < -0.4 is 5.69 Å². The van der Waals surface area contributed by atoms with Crippen LogP contribution in [0.3, 0.4) is 0 Å². The molecule has 4 aromatic heterocycles. The zero-order valence-electron chi connectivity index (χ0n) is 14.2. The maximum absolute atomic E-state index is 12.7. The SMILES string of the molecule is O=c1n(Cc2c(-c3ccc(Cl)cc3)nc3ccccn23)nc2ccccn12. The van der Waals surface area contributed by atoms with E-state index in [0.717, 1.165) is 22.6 Å². The van der Waals surface area contributed by atoms with Crippen LogP contribution in [0.25, 0.3) is 22.6 Å². The maximum atomic E-state index is 12.7. The molecule has 0 atom stereocenters. The van der Waals surface area contributed by atoms with Crippen molar-refractivity contribution in [3.63, 3.8) is 0 Å². The van der Waals surface area contributed by atoms with E-state index in [2.05, 4.69) is 5.10 Å². The van der Waals surface area contributed by atoms with E-state index in [-0.39, 0.29) is 5.69 Å². The third-order valence-corrected chi connectivity index (χ3v) is 4.79. The summed E-state index contributed by atoms with van der Waals surface area (Å²) in [5.41, 5.74) is 3.88. The van der Waals surface area contributed by atoms with Gasteiger partial charge in [-0.15, -0.1) is 5.10 Å². The van der Waals surface area contributed by atoms with Crippen LogP contribution in [-0.2, 0) is 6.54 Å². The highest BCUT2D eigenvalue weighted by Gasteiger charge is 2.16. The second-order valence-electron chi connectivity index (χ2n) is 6.21. The van der Waals surface area contributed by atoms with Crippen LogP contribution in [0.5, 0.6) is 0 Å². The van der Waals surface area contributed by atoms with Crippen LogP contribution in [0.15, 0.2) is 77.9 Å². The molecule has 4 heterocycles. The van der Waals surface area contributed by atoms with Gasteiger partial charge in [0.25, 0.3) is 0 Å². The van der Waals surface area contributed by atoms with E-state index in [1.165, 1.54) is 9.08 Å². The summed E-state index contributed by atoms with van der Waals surface area (Å²) in [4.78, 5) is 17.5.